The van der Waals surface area contributed by atoms with Crippen molar-refractivity contribution in [2.24, 2.45) is 5.41 Å². The summed E-state index contributed by atoms with van der Waals surface area (Å²) in [6.07, 6.45) is 0.00682. The van der Waals surface area contributed by atoms with Crippen LogP contribution in [0.4, 0.5) is 0 Å². The maximum Gasteiger partial charge on any atom is 0.260 e. The second kappa shape index (κ2) is 7.50. The number of rotatable bonds is 7. The van der Waals surface area contributed by atoms with E-state index in [9.17, 15) is 4.79 Å². The van der Waals surface area contributed by atoms with Gasteiger partial charge in [0.05, 0.1) is 5.02 Å². The van der Waals surface area contributed by atoms with Crippen LogP contribution in [0.25, 0.3) is 0 Å². The predicted octanol–water partition coefficient (Wildman–Crippen LogP) is 2.63. The van der Waals surface area contributed by atoms with Crippen LogP contribution in [0.1, 0.15) is 27.2 Å². The van der Waals surface area contributed by atoms with Gasteiger partial charge in [0.25, 0.3) is 5.91 Å². The van der Waals surface area contributed by atoms with Gasteiger partial charge >= 0.3 is 0 Å². The first-order valence-corrected chi connectivity index (χ1v) is 7.03. The Balaban J connectivity index is 2.50. The summed E-state index contributed by atoms with van der Waals surface area (Å²) in [5.74, 6) is 0.294. The summed E-state index contributed by atoms with van der Waals surface area (Å²) in [6, 6.07) is 7.04. The van der Waals surface area contributed by atoms with Gasteiger partial charge in [0.2, 0.25) is 0 Å². The van der Waals surface area contributed by atoms with E-state index < -0.39 is 6.10 Å². The smallest absolute Gasteiger partial charge is 0.260 e. The molecular weight excluding hydrogens is 278 g/mol. The van der Waals surface area contributed by atoms with Crippen molar-refractivity contribution in [3.8, 4) is 5.75 Å². The molecule has 0 spiro atoms. The molecule has 112 valence electrons. The highest BCUT2D eigenvalue weighted by atomic mass is 35.5. The van der Waals surface area contributed by atoms with Crippen molar-refractivity contribution in [2.75, 3.05) is 13.2 Å². The van der Waals surface area contributed by atoms with Crippen molar-refractivity contribution in [1.29, 1.82) is 0 Å². The number of aliphatic hydroxyl groups is 1. The van der Waals surface area contributed by atoms with E-state index in [-0.39, 0.29) is 17.9 Å². The molecule has 1 rings (SSSR count). The van der Waals surface area contributed by atoms with Crippen molar-refractivity contribution in [3.63, 3.8) is 0 Å². The van der Waals surface area contributed by atoms with Crippen LogP contribution in [0.2, 0.25) is 5.02 Å². The quantitative estimate of drug-likeness (QED) is 0.814. The summed E-state index contributed by atoms with van der Waals surface area (Å²) < 4.78 is 5.54. The minimum atomic E-state index is -0.625. The summed E-state index contributed by atoms with van der Waals surface area (Å²) in [6.45, 7) is 6.25. The van der Waals surface area contributed by atoms with Gasteiger partial charge < -0.3 is 15.2 Å². The van der Waals surface area contributed by atoms with Crippen LogP contribution in [0.3, 0.4) is 0 Å². The fourth-order valence-corrected chi connectivity index (χ4v) is 1.83. The molecule has 1 aromatic carbocycles. The molecule has 1 aromatic rings. The van der Waals surface area contributed by atoms with Gasteiger partial charge in [0.15, 0.2) is 6.10 Å². The summed E-state index contributed by atoms with van der Waals surface area (Å²) in [5, 5.41) is 12.3. The van der Waals surface area contributed by atoms with Gasteiger partial charge in [-0.25, -0.2) is 0 Å². The number of hydrogen-bond donors (Lipinski definition) is 2. The van der Waals surface area contributed by atoms with E-state index in [4.69, 9.17) is 21.4 Å². The molecule has 1 atom stereocenters. The first-order valence-electron chi connectivity index (χ1n) is 6.65. The van der Waals surface area contributed by atoms with Crippen LogP contribution in [-0.4, -0.2) is 30.3 Å². The topological polar surface area (TPSA) is 58.6 Å². The molecule has 0 radical (unpaired) electrons. The molecule has 0 aliphatic rings. The largest absolute Gasteiger partial charge is 0.479 e. The number of carbonyl (C=O) groups is 1. The van der Waals surface area contributed by atoms with E-state index in [0.717, 1.165) is 0 Å². The fraction of sp³-hybridized carbons (Fsp3) is 0.533. The van der Waals surface area contributed by atoms with E-state index in [0.29, 0.717) is 23.7 Å². The number of nitrogens with one attached hydrogen (secondary N) is 1. The van der Waals surface area contributed by atoms with Gasteiger partial charge in [-0.3, -0.25) is 4.79 Å². The number of para-hydroxylation sites is 1. The summed E-state index contributed by atoms with van der Waals surface area (Å²) in [5.41, 5.74) is -0.144. The molecule has 0 saturated heterocycles. The Morgan fingerprint density at radius 3 is 2.70 bits per heavy atom. The molecule has 1 amide bonds. The highest BCUT2D eigenvalue weighted by Gasteiger charge is 2.21. The molecule has 5 heteroatoms. The SMILES string of the molecule is CC(Oc1ccccc1Cl)C(=O)NCC(C)(C)CCO. The van der Waals surface area contributed by atoms with Crippen LogP contribution in [0, 0.1) is 5.41 Å². The predicted molar refractivity (Wildman–Crippen MR) is 80.0 cm³/mol. The molecular formula is C15H22ClNO3. The van der Waals surface area contributed by atoms with Crippen LogP contribution in [-0.2, 0) is 4.79 Å². The number of carbonyl (C=O) groups excluding carboxylic acids is 1. The number of ether oxygens (including phenoxy) is 1. The molecule has 0 aromatic heterocycles. The second-order valence-corrected chi connectivity index (χ2v) is 5.95. The minimum Gasteiger partial charge on any atom is -0.479 e. The second-order valence-electron chi connectivity index (χ2n) is 5.55. The Morgan fingerprint density at radius 1 is 1.45 bits per heavy atom. The van der Waals surface area contributed by atoms with Crippen molar-refractivity contribution in [3.05, 3.63) is 29.3 Å². The lowest BCUT2D eigenvalue weighted by Crippen LogP contribution is -2.41. The minimum absolute atomic E-state index is 0.106. The molecule has 20 heavy (non-hydrogen) atoms. The lowest BCUT2D eigenvalue weighted by molar-refractivity contribution is -0.127. The summed E-state index contributed by atoms with van der Waals surface area (Å²) in [7, 11) is 0. The average molecular weight is 300 g/mol. The van der Waals surface area contributed by atoms with Crippen molar-refractivity contribution >= 4 is 17.5 Å². The lowest BCUT2D eigenvalue weighted by Gasteiger charge is -2.25. The van der Waals surface area contributed by atoms with Gasteiger partial charge in [-0.1, -0.05) is 37.6 Å². The van der Waals surface area contributed by atoms with E-state index in [1.807, 2.05) is 13.8 Å². The lowest BCUT2D eigenvalue weighted by atomic mass is 9.90. The number of hydrogen-bond acceptors (Lipinski definition) is 3. The molecule has 0 bridgehead atoms. The number of amides is 1. The first-order chi connectivity index (χ1) is 9.35. The van der Waals surface area contributed by atoms with Gasteiger partial charge in [0.1, 0.15) is 5.75 Å². The summed E-state index contributed by atoms with van der Waals surface area (Å²) in [4.78, 5) is 12.0. The number of aliphatic hydroxyl groups excluding tert-OH is 1. The Labute approximate surface area is 125 Å². The first kappa shape index (κ1) is 16.8. The maximum atomic E-state index is 12.0. The Morgan fingerprint density at radius 2 is 2.10 bits per heavy atom. The zero-order valence-corrected chi connectivity index (χ0v) is 12.9. The van der Waals surface area contributed by atoms with Crippen LogP contribution in [0.5, 0.6) is 5.75 Å². The molecule has 1 unspecified atom stereocenters. The van der Waals surface area contributed by atoms with E-state index >= 15 is 0 Å². The average Bonchev–Trinajstić information content (AvgIpc) is 2.38. The molecule has 0 saturated carbocycles. The molecule has 0 aliphatic carbocycles. The van der Waals surface area contributed by atoms with E-state index in [2.05, 4.69) is 5.32 Å². The van der Waals surface area contributed by atoms with Crippen molar-refractivity contribution in [2.45, 2.75) is 33.3 Å². The van der Waals surface area contributed by atoms with Gasteiger partial charge in [0, 0.05) is 13.2 Å². The third-order valence-corrected chi connectivity index (χ3v) is 3.35. The van der Waals surface area contributed by atoms with E-state index in [1.54, 1.807) is 31.2 Å². The van der Waals surface area contributed by atoms with Crippen LogP contribution >= 0.6 is 11.6 Å². The van der Waals surface area contributed by atoms with Gasteiger partial charge in [-0.2, -0.15) is 0 Å². The standard InChI is InChI=1S/C15H22ClNO3/c1-11(20-13-7-5-4-6-12(13)16)14(19)17-10-15(2,3)8-9-18/h4-7,11,18H,8-10H2,1-3H3,(H,17,19). The summed E-state index contributed by atoms with van der Waals surface area (Å²) >= 11 is 5.98. The number of benzene rings is 1. The highest BCUT2D eigenvalue weighted by Crippen LogP contribution is 2.24. The normalized spacial score (nSPS) is 12.8. The van der Waals surface area contributed by atoms with Crippen molar-refractivity contribution in [1.82, 2.24) is 5.32 Å². The van der Waals surface area contributed by atoms with Crippen molar-refractivity contribution < 1.29 is 14.6 Å². The van der Waals surface area contributed by atoms with Crippen LogP contribution in [0.15, 0.2) is 24.3 Å². The van der Waals surface area contributed by atoms with E-state index in [1.165, 1.54) is 0 Å². The molecule has 0 aliphatic heterocycles. The maximum absolute atomic E-state index is 12.0. The fourth-order valence-electron chi connectivity index (χ4n) is 1.65. The Hall–Kier alpha value is -1.26. The number of halogens is 1. The van der Waals surface area contributed by atoms with Gasteiger partial charge in [-0.15, -0.1) is 0 Å². The highest BCUT2D eigenvalue weighted by molar-refractivity contribution is 6.32. The Kier molecular flexibility index (Phi) is 6.30. The Bertz CT molecular complexity index is 448. The van der Waals surface area contributed by atoms with Gasteiger partial charge in [-0.05, 0) is 30.9 Å². The van der Waals surface area contributed by atoms with Crippen LogP contribution < -0.4 is 10.1 Å². The zero-order valence-electron chi connectivity index (χ0n) is 12.1. The molecule has 2 N–H and O–H groups in total. The molecule has 0 heterocycles. The molecule has 4 nitrogen and oxygen atoms in total. The monoisotopic (exact) mass is 299 g/mol. The third kappa shape index (κ3) is 5.39. The molecule has 0 fully saturated rings. The third-order valence-electron chi connectivity index (χ3n) is 3.04. The zero-order chi connectivity index (χ0) is 15.2.